The van der Waals surface area contributed by atoms with Gasteiger partial charge in [-0.25, -0.2) is 0 Å². The minimum Gasteiger partial charge on any atom is -0.381 e. The highest BCUT2D eigenvalue weighted by molar-refractivity contribution is 6.13. The summed E-state index contributed by atoms with van der Waals surface area (Å²) in [7, 11) is 0. The summed E-state index contributed by atoms with van der Waals surface area (Å²) in [6.07, 6.45) is -0.514. The first-order valence-electron chi connectivity index (χ1n) is 6.52. The molecule has 2 heterocycles. The first kappa shape index (κ1) is 11.2. The van der Waals surface area contributed by atoms with E-state index in [1.807, 2.05) is 60.7 Å². The Kier molecular flexibility index (Phi) is 2.52. The Morgan fingerprint density at radius 2 is 1.00 bits per heavy atom. The van der Waals surface area contributed by atoms with Gasteiger partial charge in [0, 0.05) is 11.1 Å². The molecule has 0 radical (unpaired) electrons. The molecule has 98 valence electrons. The van der Waals surface area contributed by atoms with Gasteiger partial charge in [-0.15, -0.1) is 0 Å². The summed E-state index contributed by atoms with van der Waals surface area (Å²) >= 11 is 0. The van der Waals surface area contributed by atoms with E-state index in [0.717, 1.165) is 22.6 Å². The summed E-state index contributed by atoms with van der Waals surface area (Å²) in [5.74, 6) is 0. The number of hydrogen-bond donors (Lipinski definition) is 0. The largest absolute Gasteiger partial charge is 0.381 e. The predicted octanol–water partition coefficient (Wildman–Crippen LogP) is 2.59. The molecule has 4 rings (SSSR count). The van der Waals surface area contributed by atoms with Crippen LogP contribution in [0.4, 0.5) is 0 Å². The van der Waals surface area contributed by atoms with Crippen LogP contribution in [-0.2, 0) is 9.68 Å². The number of nitrogens with zero attached hydrogens (tertiary/aromatic N) is 2. The van der Waals surface area contributed by atoms with Gasteiger partial charge in [-0.05, 0) is 0 Å². The van der Waals surface area contributed by atoms with Crippen molar-refractivity contribution in [2.45, 2.75) is 12.2 Å². The van der Waals surface area contributed by atoms with Crippen molar-refractivity contribution in [3.63, 3.8) is 0 Å². The smallest absolute Gasteiger partial charge is 0.218 e. The number of fused-ring (bicyclic) bond motifs is 1. The highest BCUT2D eigenvalue weighted by atomic mass is 16.7. The Hall–Kier alpha value is -2.62. The first-order valence-corrected chi connectivity index (χ1v) is 6.52. The molecule has 2 aromatic rings. The van der Waals surface area contributed by atoms with Crippen molar-refractivity contribution in [2.24, 2.45) is 10.3 Å². The van der Waals surface area contributed by atoms with E-state index in [2.05, 4.69) is 10.3 Å². The van der Waals surface area contributed by atoms with Crippen molar-refractivity contribution in [1.82, 2.24) is 0 Å². The molecule has 0 saturated carbocycles. The molecule has 0 spiro atoms. The van der Waals surface area contributed by atoms with Gasteiger partial charge in [0.05, 0.1) is 0 Å². The second-order valence-corrected chi connectivity index (χ2v) is 4.74. The van der Waals surface area contributed by atoms with E-state index >= 15 is 0 Å². The quantitative estimate of drug-likeness (QED) is 0.836. The second kappa shape index (κ2) is 4.49. The fourth-order valence-corrected chi connectivity index (χ4v) is 2.48. The molecular weight excluding hydrogens is 252 g/mol. The fraction of sp³-hybridized carbons (Fsp3) is 0.125. The Labute approximate surface area is 116 Å². The van der Waals surface area contributed by atoms with Gasteiger partial charge in [0.25, 0.3) is 0 Å². The fourth-order valence-electron chi connectivity index (χ4n) is 2.48. The molecule has 4 nitrogen and oxygen atoms in total. The molecule has 0 aromatic heterocycles. The summed E-state index contributed by atoms with van der Waals surface area (Å²) in [5, 5.41) is 8.35. The molecule has 4 heteroatoms. The van der Waals surface area contributed by atoms with Crippen molar-refractivity contribution in [3.8, 4) is 0 Å². The molecule has 2 atom stereocenters. The topological polar surface area (TPSA) is 43.2 Å². The van der Waals surface area contributed by atoms with Gasteiger partial charge in [-0.3, -0.25) is 0 Å². The zero-order valence-electron chi connectivity index (χ0n) is 10.6. The lowest BCUT2D eigenvalue weighted by Crippen LogP contribution is -2.32. The van der Waals surface area contributed by atoms with Crippen LogP contribution in [0.5, 0.6) is 0 Å². The molecule has 2 aliphatic rings. The number of benzene rings is 2. The highest BCUT2D eigenvalue weighted by Crippen LogP contribution is 2.28. The predicted molar refractivity (Wildman–Crippen MR) is 75.7 cm³/mol. The molecule has 0 fully saturated rings. The van der Waals surface area contributed by atoms with E-state index in [9.17, 15) is 0 Å². The van der Waals surface area contributed by atoms with Gasteiger partial charge < -0.3 is 9.68 Å². The van der Waals surface area contributed by atoms with Crippen molar-refractivity contribution in [1.29, 1.82) is 0 Å². The van der Waals surface area contributed by atoms with Crippen molar-refractivity contribution >= 4 is 11.4 Å². The maximum absolute atomic E-state index is 5.54. The monoisotopic (exact) mass is 264 g/mol. The van der Waals surface area contributed by atoms with Crippen LogP contribution in [-0.4, -0.2) is 23.6 Å². The molecule has 0 amide bonds. The maximum Gasteiger partial charge on any atom is 0.218 e. The lowest BCUT2D eigenvalue weighted by atomic mass is 9.97. The van der Waals surface area contributed by atoms with E-state index in [0.29, 0.717) is 0 Å². The molecule has 0 saturated heterocycles. The molecular formula is C16H12N2O2. The molecule has 20 heavy (non-hydrogen) atoms. The van der Waals surface area contributed by atoms with E-state index in [1.54, 1.807) is 0 Å². The van der Waals surface area contributed by atoms with Crippen molar-refractivity contribution in [2.75, 3.05) is 0 Å². The summed E-state index contributed by atoms with van der Waals surface area (Å²) in [5.41, 5.74) is 3.60. The average Bonchev–Trinajstić information content (AvgIpc) is 3.10. The maximum atomic E-state index is 5.54. The Bertz CT molecular complexity index is 619. The minimum absolute atomic E-state index is 0.257. The van der Waals surface area contributed by atoms with Gasteiger partial charge in [0.2, 0.25) is 12.2 Å². The standard InChI is InChI=1S/C16H12N2O2/c1-3-7-11(8-4-1)13-15-16(20-17-13)14(18-19-15)12-9-5-2-6-10-12/h1-10,15-16H. The molecule has 0 bridgehead atoms. The molecule has 0 N–H and O–H groups in total. The van der Waals surface area contributed by atoms with Gasteiger partial charge >= 0.3 is 0 Å². The molecule has 2 aromatic carbocycles. The molecule has 2 aliphatic heterocycles. The summed E-state index contributed by atoms with van der Waals surface area (Å²) in [6, 6.07) is 19.8. The number of rotatable bonds is 2. The summed E-state index contributed by atoms with van der Waals surface area (Å²) < 4.78 is 0. The third-order valence-corrected chi connectivity index (χ3v) is 3.48. The van der Waals surface area contributed by atoms with Crippen LogP contribution in [0.1, 0.15) is 11.1 Å². The second-order valence-electron chi connectivity index (χ2n) is 4.74. The molecule has 0 aliphatic carbocycles. The Balaban J connectivity index is 1.63. The SMILES string of the molecule is c1ccc(C2=NOC3C(c4ccccc4)=NOC23)cc1. The van der Waals surface area contributed by atoms with Crippen LogP contribution in [0.25, 0.3) is 0 Å². The zero-order valence-corrected chi connectivity index (χ0v) is 10.6. The van der Waals surface area contributed by atoms with Crippen LogP contribution >= 0.6 is 0 Å². The van der Waals surface area contributed by atoms with Crippen LogP contribution in [0, 0.1) is 0 Å². The third kappa shape index (κ3) is 1.69. The lowest BCUT2D eigenvalue weighted by Gasteiger charge is -2.09. The zero-order chi connectivity index (χ0) is 13.4. The van der Waals surface area contributed by atoms with Crippen molar-refractivity contribution < 1.29 is 9.68 Å². The average molecular weight is 264 g/mol. The van der Waals surface area contributed by atoms with Gasteiger partial charge in [-0.2, -0.15) is 0 Å². The van der Waals surface area contributed by atoms with E-state index < -0.39 is 0 Å². The van der Waals surface area contributed by atoms with E-state index in [1.165, 1.54) is 0 Å². The van der Waals surface area contributed by atoms with Gasteiger partial charge in [-0.1, -0.05) is 71.0 Å². The van der Waals surface area contributed by atoms with Crippen LogP contribution in [0.2, 0.25) is 0 Å². The Morgan fingerprint density at radius 3 is 1.40 bits per heavy atom. The number of oxime groups is 2. The number of hydrogen-bond acceptors (Lipinski definition) is 4. The lowest BCUT2D eigenvalue weighted by molar-refractivity contribution is 0.0483. The summed E-state index contributed by atoms with van der Waals surface area (Å²) in [6.45, 7) is 0. The van der Waals surface area contributed by atoms with Crippen LogP contribution < -0.4 is 0 Å². The normalized spacial score (nSPS) is 23.4. The summed E-state index contributed by atoms with van der Waals surface area (Å²) in [4.78, 5) is 11.1. The van der Waals surface area contributed by atoms with E-state index in [4.69, 9.17) is 9.68 Å². The van der Waals surface area contributed by atoms with Crippen LogP contribution in [0.3, 0.4) is 0 Å². The van der Waals surface area contributed by atoms with E-state index in [-0.39, 0.29) is 12.2 Å². The minimum atomic E-state index is -0.257. The van der Waals surface area contributed by atoms with Crippen LogP contribution in [0.15, 0.2) is 71.0 Å². The Morgan fingerprint density at radius 1 is 0.600 bits per heavy atom. The van der Waals surface area contributed by atoms with Gasteiger partial charge in [0.15, 0.2) is 0 Å². The highest BCUT2D eigenvalue weighted by Gasteiger charge is 2.45. The van der Waals surface area contributed by atoms with Gasteiger partial charge in [0.1, 0.15) is 11.4 Å². The third-order valence-electron chi connectivity index (χ3n) is 3.48. The first-order chi connectivity index (χ1) is 9.93. The van der Waals surface area contributed by atoms with Crippen molar-refractivity contribution in [3.05, 3.63) is 71.8 Å². The molecule has 2 unspecified atom stereocenters.